The lowest BCUT2D eigenvalue weighted by atomic mass is 10.0. The third-order valence-corrected chi connectivity index (χ3v) is 3.18. The third-order valence-electron chi connectivity index (χ3n) is 3.18. The minimum Gasteiger partial charge on any atom is -0.377 e. The van der Waals surface area contributed by atoms with Crippen LogP contribution >= 0.6 is 0 Å². The van der Waals surface area contributed by atoms with Crippen LogP contribution in [0.15, 0.2) is 48.5 Å². The molecule has 0 saturated carbocycles. The van der Waals surface area contributed by atoms with E-state index in [9.17, 15) is 9.18 Å². The van der Waals surface area contributed by atoms with Gasteiger partial charge in [0, 0.05) is 11.3 Å². The van der Waals surface area contributed by atoms with Gasteiger partial charge in [-0.2, -0.15) is 0 Å². The van der Waals surface area contributed by atoms with Gasteiger partial charge in [-0.05, 0) is 29.7 Å². The fourth-order valence-corrected chi connectivity index (χ4v) is 1.94. The molecule has 0 aromatic heterocycles. The zero-order chi connectivity index (χ0) is 14.5. The van der Waals surface area contributed by atoms with E-state index in [0.29, 0.717) is 17.2 Å². The Morgan fingerprint density at radius 1 is 1.15 bits per heavy atom. The molecule has 0 bridgehead atoms. The monoisotopic (exact) mass is 271 g/mol. The number of carbonyl (C=O) groups excluding carboxylic acids is 1. The molecule has 0 atom stereocenters. The van der Waals surface area contributed by atoms with Crippen molar-refractivity contribution >= 4 is 11.5 Å². The molecule has 104 valence electrons. The predicted octanol–water partition coefficient (Wildman–Crippen LogP) is 4.24. The maximum Gasteiger partial charge on any atom is 0.181 e. The highest BCUT2D eigenvalue weighted by atomic mass is 19.1. The summed E-state index contributed by atoms with van der Waals surface area (Å²) in [6.45, 7) is 4.38. The summed E-state index contributed by atoms with van der Waals surface area (Å²) in [4.78, 5) is 12.0. The standard InChI is InChI=1S/C17H18FNO/c1-12(2)13-6-8-14(9-7-13)17(20)11-19-16-5-3-4-15(18)10-16/h3-10,12,19H,11H2,1-2H3. The molecule has 0 aliphatic rings. The molecule has 2 rings (SSSR count). The van der Waals surface area contributed by atoms with Gasteiger partial charge < -0.3 is 5.32 Å². The molecule has 0 amide bonds. The van der Waals surface area contributed by atoms with Gasteiger partial charge in [-0.3, -0.25) is 4.79 Å². The van der Waals surface area contributed by atoms with Crippen LogP contribution in [0.2, 0.25) is 0 Å². The molecule has 0 unspecified atom stereocenters. The second-order valence-electron chi connectivity index (χ2n) is 5.06. The smallest absolute Gasteiger partial charge is 0.181 e. The van der Waals surface area contributed by atoms with E-state index in [-0.39, 0.29) is 18.1 Å². The molecule has 0 heterocycles. The normalized spacial score (nSPS) is 10.6. The van der Waals surface area contributed by atoms with Crippen molar-refractivity contribution in [1.82, 2.24) is 0 Å². The van der Waals surface area contributed by atoms with Crippen molar-refractivity contribution in [2.24, 2.45) is 0 Å². The van der Waals surface area contributed by atoms with E-state index in [1.807, 2.05) is 24.3 Å². The lowest BCUT2D eigenvalue weighted by Crippen LogP contribution is -2.14. The molecule has 2 aromatic carbocycles. The lowest BCUT2D eigenvalue weighted by molar-refractivity contribution is 0.101. The zero-order valence-corrected chi connectivity index (χ0v) is 11.7. The molecule has 0 radical (unpaired) electrons. The number of benzene rings is 2. The number of nitrogens with one attached hydrogen (secondary N) is 1. The van der Waals surface area contributed by atoms with Gasteiger partial charge in [-0.1, -0.05) is 44.2 Å². The van der Waals surface area contributed by atoms with Crippen LogP contribution in [0.3, 0.4) is 0 Å². The minimum absolute atomic E-state index is 0.00966. The van der Waals surface area contributed by atoms with Crippen LogP contribution < -0.4 is 5.32 Å². The van der Waals surface area contributed by atoms with E-state index in [1.165, 1.54) is 17.7 Å². The summed E-state index contributed by atoms with van der Waals surface area (Å²) in [5.41, 5.74) is 2.48. The summed E-state index contributed by atoms with van der Waals surface area (Å²) in [6, 6.07) is 13.7. The zero-order valence-electron chi connectivity index (χ0n) is 11.7. The van der Waals surface area contributed by atoms with Crippen molar-refractivity contribution < 1.29 is 9.18 Å². The fourth-order valence-electron chi connectivity index (χ4n) is 1.94. The minimum atomic E-state index is -0.316. The molecular formula is C17H18FNO. The van der Waals surface area contributed by atoms with Gasteiger partial charge >= 0.3 is 0 Å². The molecule has 0 saturated heterocycles. The average Bonchev–Trinajstić information content (AvgIpc) is 2.45. The average molecular weight is 271 g/mol. The van der Waals surface area contributed by atoms with E-state index < -0.39 is 0 Å². The Kier molecular flexibility index (Phi) is 4.51. The number of rotatable bonds is 5. The Hall–Kier alpha value is -2.16. The second kappa shape index (κ2) is 6.33. The van der Waals surface area contributed by atoms with Gasteiger partial charge in [-0.15, -0.1) is 0 Å². The van der Waals surface area contributed by atoms with Crippen LogP contribution in [-0.2, 0) is 0 Å². The summed E-state index contributed by atoms with van der Waals surface area (Å²) >= 11 is 0. The summed E-state index contributed by atoms with van der Waals surface area (Å²) in [5, 5.41) is 2.93. The quantitative estimate of drug-likeness (QED) is 0.824. The Morgan fingerprint density at radius 3 is 2.45 bits per heavy atom. The third kappa shape index (κ3) is 3.67. The Morgan fingerprint density at radius 2 is 1.85 bits per heavy atom. The maximum absolute atomic E-state index is 13.0. The van der Waals surface area contributed by atoms with Crippen molar-refractivity contribution in [3.63, 3.8) is 0 Å². The summed E-state index contributed by atoms with van der Waals surface area (Å²) in [7, 11) is 0. The number of carbonyl (C=O) groups is 1. The maximum atomic E-state index is 13.0. The van der Waals surface area contributed by atoms with Crippen LogP contribution in [0.4, 0.5) is 10.1 Å². The van der Waals surface area contributed by atoms with Gasteiger partial charge in [0.2, 0.25) is 0 Å². The molecule has 1 N–H and O–H groups in total. The van der Waals surface area contributed by atoms with Crippen molar-refractivity contribution in [2.45, 2.75) is 19.8 Å². The van der Waals surface area contributed by atoms with Crippen molar-refractivity contribution in [3.8, 4) is 0 Å². The molecule has 2 nitrogen and oxygen atoms in total. The molecular weight excluding hydrogens is 253 g/mol. The molecule has 0 aliphatic heterocycles. The number of hydrogen-bond acceptors (Lipinski definition) is 2. The van der Waals surface area contributed by atoms with Crippen LogP contribution in [0.5, 0.6) is 0 Å². The van der Waals surface area contributed by atoms with Crippen molar-refractivity contribution in [2.75, 3.05) is 11.9 Å². The first-order valence-corrected chi connectivity index (χ1v) is 6.69. The predicted molar refractivity (Wildman–Crippen MR) is 79.8 cm³/mol. The first-order chi connectivity index (χ1) is 9.56. The van der Waals surface area contributed by atoms with Gasteiger partial charge in [0.15, 0.2) is 5.78 Å². The summed E-state index contributed by atoms with van der Waals surface area (Å²) in [5.74, 6) is 0.123. The number of Topliss-reactive ketones (excluding diaryl/α,β-unsaturated/α-hetero) is 1. The number of anilines is 1. The highest BCUT2D eigenvalue weighted by molar-refractivity contribution is 5.99. The highest BCUT2D eigenvalue weighted by Gasteiger charge is 2.07. The first kappa shape index (κ1) is 14.3. The van der Waals surface area contributed by atoms with E-state index in [4.69, 9.17) is 0 Å². The molecule has 0 spiro atoms. The molecule has 0 fully saturated rings. The Bertz CT molecular complexity index is 590. The second-order valence-corrected chi connectivity index (χ2v) is 5.06. The molecule has 20 heavy (non-hydrogen) atoms. The SMILES string of the molecule is CC(C)c1ccc(C(=O)CNc2cccc(F)c2)cc1. The largest absolute Gasteiger partial charge is 0.377 e. The highest BCUT2D eigenvalue weighted by Crippen LogP contribution is 2.15. The van der Waals surface area contributed by atoms with Gasteiger partial charge in [-0.25, -0.2) is 4.39 Å². The topological polar surface area (TPSA) is 29.1 Å². The van der Waals surface area contributed by atoms with Crippen LogP contribution in [0.25, 0.3) is 0 Å². The summed E-state index contributed by atoms with van der Waals surface area (Å²) < 4.78 is 13.0. The van der Waals surface area contributed by atoms with Crippen molar-refractivity contribution in [3.05, 3.63) is 65.5 Å². The molecule has 2 aromatic rings. The molecule has 0 aliphatic carbocycles. The number of halogens is 1. The fraction of sp³-hybridized carbons (Fsp3) is 0.235. The van der Waals surface area contributed by atoms with Crippen LogP contribution in [-0.4, -0.2) is 12.3 Å². The Labute approximate surface area is 118 Å². The van der Waals surface area contributed by atoms with Gasteiger partial charge in [0.1, 0.15) is 5.82 Å². The number of ketones is 1. The van der Waals surface area contributed by atoms with E-state index in [0.717, 1.165) is 0 Å². The van der Waals surface area contributed by atoms with Gasteiger partial charge in [0.25, 0.3) is 0 Å². The van der Waals surface area contributed by atoms with Crippen LogP contribution in [0.1, 0.15) is 35.7 Å². The van der Waals surface area contributed by atoms with Crippen molar-refractivity contribution in [1.29, 1.82) is 0 Å². The Balaban J connectivity index is 1.98. The lowest BCUT2D eigenvalue weighted by Gasteiger charge is -2.08. The number of hydrogen-bond donors (Lipinski definition) is 1. The summed E-state index contributed by atoms with van der Waals surface area (Å²) in [6.07, 6.45) is 0. The van der Waals surface area contributed by atoms with Crippen LogP contribution in [0, 0.1) is 5.82 Å². The van der Waals surface area contributed by atoms with E-state index >= 15 is 0 Å². The first-order valence-electron chi connectivity index (χ1n) is 6.69. The molecule has 3 heteroatoms. The van der Waals surface area contributed by atoms with E-state index in [1.54, 1.807) is 12.1 Å². The van der Waals surface area contributed by atoms with Gasteiger partial charge in [0.05, 0.1) is 6.54 Å². The van der Waals surface area contributed by atoms with E-state index in [2.05, 4.69) is 19.2 Å².